The van der Waals surface area contributed by atoms with E-state index in [0.29, 0.717) is 6.04 Å². The van der Waals surface area contributed by atoms with Gasteiger partial charge in [0, 0.05) is 6.04 Å². The van der Waals surface area contributed by atoms with Gasteiger partial charge in [0.2, 0.25) is 5.95 Å². The zero-order valence-corrected chi connectivity index (χ0v) is 8.33. The number of anilines is 1. The molecule has 76 valence electrons. The fraction of sp³-hybridized carbons (Fsp3) is 0.545. The van der Waals surface area contributed by atoms with Crippen molar-refractivity contribution in [2.24, 2.45) is 5.92 Å². The second-order valence-electron chi connectivity index (χ2n) is 4.09. The molecule has 1 saturated carbocycles. The van der Waals surface area contributed by atoms with Crippen molar-refractivity contribution in [3.63, 3.8) is 0 Å². The highest BCUT2D eigenvalue weighted by molar-refractivity contribution is 5.40. The highest BCUT2D eigenvalue weighted by atomic mass is 19.1. The van der Waals surface area contributed by atoms with Gasteiger partial charge in [-0.25, -0.2) is 4.98 Å². The summed E-state index contributed by atoms with van der Waals surface area (Å²) in [7, 11) is 0. The van der Waals surface area contributed by atoms with Crippen LogP contribution in [0.3, 0.4) is 0 Å². The van der Waals surface area contributed by atoms with E-state index in [4.69, 9.17) is 0 Å². The number of nitrogens with one attached hydrogen (secondary N) is 1. The molecule has 14 heavy (non-hydrogen) atoms. The molecule has 0 aliphatic heterocycles. The van der Waals surface area contributed by atoms with Crippen molar-refractivity contribution in [2.45, 2.75) is 32.2 Å². The summed E-state index contributed by atoms with van der Waals surface area (Å²) in [6, 6.07) is 3.56. The van der Waals surface area contributed by atoms with Crippen LogP contribution in [0.5, 0.6) is 0 Å². The second-order valence-corrected chi connectivity index (χ2v) is 4.09. The molecule has 2 rings (SSSR count). The van der Waals surface area contributed by atoms with Gasteiger partial charge in [0.05, 0.1) is 11.9 Å². The summed E-state index contributed by atoms with van der Waals surface area (Å²) in [4.78, 5) is 3.60. The highest BCUT2D eigenvalue weighted by Gasteiger charge is 2.23. The average Bonchev–Trinajstić information content (AvgIpc) is 2.93. The summed E-state index contributed by atoms with van der Waals surface area (Å²) < 4.78 is 12.5. The van der Waals surface area contributed by atoms with Gasteiger partial charge >= 0.3 is 0 Å². The molecule has 0 bridgehead atoms. The van der Waals surface area contributed by atoms with Crippen molar-refractivity contribution in [1.82, 2.24) is 4.98 Å². The molecule has 1 heterocycles. The Bertz CT molecular complexity index is 293. The lowest BCUT2D eigenvalue weighted by molar-refractivity contribution is 0.583. The van der Waals surface area contributed by atoms with Gasteiger partial charge in [-0.15, -0.1) is 0 Å². The van der Waals surface area contributed by atoms with Crippen LogP contribution < -0.4 is 5.32 Å². The molecule has 1 aliphatic rings. The molecule has 1 N–H and O–H groups in total. The Morgan fingerprint density at radius 2 is 2.36 bits per heavy atom. The monoisotopic (exact) mass is 194 g/mol. The molecule has 0 aromatic carbocycles. The van der Waals surface area contributed by atoms with Crippen molar-refractivity contribution in [3.8, 4) is 0 Å². The molecule has 0 saturated heterocycles. The molecule has 0 radical (unpaired) electrons. The van der Waals surface area contributed by atoms with Gasteiger partial charge < -0.3 is 5.32 Å². The van der Waals surface area contributed by atoms with Crippen molar-refractivity contribution in [2.75, 3.05) is 5.32 Å². The normalized spacial score (nSPS) is 17.9. The van der Waals surface area contributed by atoms with E-state index in [0.717, 1.165) is 11.6 Å². The van der Waals surface area contributed by atoms with Crippen LogP contribution >= 0.6 is 0 Å². The smallest absolute Gasteiger partial charge is 0.212 e. The van der Waals surface area contributed by atoms with Crippen LogP contribution in [0, 0.1) is 11.9 Å². The van der Waals surface area contributed by atoms with Crippen molar-refractivity contribution >= 4 is 5.69 Å². The summed E-state index contributed by atoms with van der Waals surface area (Å²) in [6.45, 7) is 2.15. The van der Waals surface area contributed by atoms with Crippen LogP contribution in [0.2, 0.25) is 0 Å². The Balaban J connectivity index is 1.85. The third kappa shape index (κ3) is 2.69. The molecule has 1 atom stereocenters. The molecule has 1 aromatic rings. The number of rotatable bonds is 4. The minimum Gasteiger partial charge on any atom is -0.381 e. The van der Waals surface area contributed by atoms with Gasteiger partial charge in [0.1, 0.15) is 0 Å². The lowest BCUT2D eigenvalue weighted by Gasteiger charge is -2.14. The number of aromatic nitrogens is 1. The average molecular weight is 194 g/mol. The Hall–Kier alpha value is -1.12. The van der Waals surface area contributed by atoms with Gasteiger partial charge in [-0.2, -0.15) is 4.39 Å². The Morgan fingerprint density at radius 1 is 1.57 bits per heavy atom. The number of pyridine rings is 1. The van der Waals surface area contributed by atoms with Crippen LogP contribution in [0.1, 0.15) is 26.2 Å². The van der Waals surface area contributed by atoms with Crippen molar-refractivity contribution < 1.29 is 4.39 Å². The lowest BCUT2D eigenvalue weighted by atomic mass is 10.1. The standard InChI is InChI=1S/C11H15FN2/c1-8(6-9-2-3-9)14-10-4-5-11(12)13-7-10/h4-5,7-9,14H,2-3,6H2,1H3. The number of halogens is 1. The van der Waals surface area contributed by atoms with Gasteiger partial charge in [-0.1, -0.05) is 12.8 Å². The zero-order chi connectivity index (χ0) is 9.97. The summed E-state index contributed by atoms with van der Waals surface area (Å²) >= 11 is 0. The fourth-order valence-corrected chi connectivity index (χ4v) is 1.66. The SMILES string of the molecule is CC(CC1CC1)Nc1ccc(F)nc1. The first-order valence-corrected chi connectivity index (χ1v) is 5.12. The minimum atomic E-state index is -0.426. The minimum absolute atomic E-state index is 0.426. The molecule has 1 unspecified atom stereocenters. The van der Waals surface area contributed by atoms with Crippen LogP contribution in [0.15, 0.2) is 18.3 Å². The topological polar surface area (TPSA) is 24.9 Å². The van der Waals surface area contributed by atoms with Gasteiger partial charge in [-0.3, -0.25) is 0 Å². The highest BCUT2D eigenvalue weighted by Crippen LogP contribution is 2.33. The first-order chi connectivity index (χ1) is 6.74. The largest absolute Gasteiger partial charge is 0.381 e. The summed E-state index contributed by atoms with van der Waals surface area (Å²) in [5, 5.41) is 3.31. The molecule has 0 spiro atoms. The second kappa shape index (κ2) is 3.95. The molecule has 3 heteroatoms. The van der Waals surface area contributed by atoms with Gasteiger partial charge in [-0.05, 0) is 31.4 Å². The Morgan fingerprint density at radius 3 is 2.93 bits per heavy atom. The third-order valence-corrected chi connectivity index (χ3v) is 2.52. The van der Waals surface area contributed by atoms with E-state index in [1.165, 1.54) is 25.3 Å². The number of nitrogens with zero attached hydrogens (tertiary/aromatic N) is 1. The van der Waals surface area contributed by atoms with Crippen molar-refractivity contribution in [3.05, 3.63) is 24.3 Å². The molecule has 2 nitrogen and oxygen atoms in total. The number of hydrogen-bond acceptors (Lipinski definition) is 2. The summed E-state index contributed by atoms with van der Waals surface area (Å²) in [5.74, 6) is 0.483. The predicted molar refractivity (Wildman–Crippen MR) is 54.6 cm³/mol. The molecular weight excluding hydrogens is 179 g/mol. The van der Waals surface area contributed by atoms with E-state index in [-0.39, 0.29) is 0 Å². The first kappa shape index (κ1) is 9.44. The lowest BCUT2D eigenvalue weighted by Crippen LogP contribution is -2.15. The van der Waals surface area contributed by atoms with Crippen molar-refractivity contribution in [1.29, 1.82) is 0 Å². The van der Waals surface area contributed by atoms with Crippen LogP contribution in [0.4, 0.5) is 10.1 Å². The summed E-state index contributed by atoms with van der Waals surface area (Å²) in [6.07, 6.45) is 5.48. The first-order valence-electron chi connectivity index (χ1n) is 5.12. The molecule has 1 aromatic heterocycles. The van der Waals surface area contributed by atoms with Gasteiger partial charge in [0.15, 0.2) is 0 Å². The van der Waals surface area contributed by atoms with Crippen LogP contribution in [-0.2, 0) is 0 Å². The van der Waals surface area contributed by atoms with E-state index >= 15 is 0 Å². The van der Waals surface area contributed by atoms with E-state index in [9.17, 15) is 4.39 Å². The Labute approximate surface area is 83.6 Å². The quantitative estimate of drug-likeness (QED) is 0.745. The Kier molecular flexibility index (Phi) is 2.66. The molecular formula is C11H15FN2. The van der Waals surface area contributed by atoms with Crippen LogP contribution in [-0.4, -0.2) is 11.0 Å². The van der Waals surface area contributed by atoms with E-state index < -0.39 is 5.95 Å². The molecule has 1 fully saturated rings. The van der Waals surface area contributed by atoms with E-state index in [1.807, 2.05) is 0 Å². The van der Waals surface area contributed by atoms with E-state index in [2.05, 4.69) is 17.2 Å². The summed E-state index contributed by atoms with van der Waals surface area (Å²) in [5.41, 5.74) is 0.902. The third-order valence-electron chi connectivity index (χ3n) is 2.52. The maximum atomic E-state index is 12.5. The van der Waals surface area contributed by atoms with Crippen LogP contribution in [0.25, 0.3) is 0 Å². The molecule has 1 aliphatic carbocycles. The fourth-order valence-electron chi connectivity index (χ4n) is 1.66. The maximum Gasteiger partial charge on any atom is 0.212 e. The van der Waals surface area contributed by atoms with E-state index in [1.54, 1.807) is 12.3 Å². The zero-order valence-electron chi connectivity index (χ0n) is 8.33. The predicted octanol–water partition coefficient (Wildman–Crippen LogP) is 2.82. The molecule has 0 amide bonds. The van der Waals surface area contributed by atoms with Gasteiger partial charge in [0.25, 0.3) is 0 Å². The number of hydrogen-bond donors (Lipinski definition) is 1. The maximum absolute atomic E-state index is 12.5.